The summed E-state index contributed by atoms with van der Waals surface area (Å²) in [5, 5.41) is 3.55. The molecule has 2 fully saturated rings. The van der Waals surface area contributed by atoms with Crippen LogP contribution < -0.4 is 5.32 Å². The lowest BCUT2D eigenvalue weighted by Gasteiger charge is -2.34. The van der Waals surface area contributed by atoms with Gasteiger partial charge in [-0.3, -0.25) is 4.90 Å². The molecule has 1 aromatic heterocycles. The molecule has 2 unspecified atom stereocenters. The molecule has 0 aromatic carbocycles. The first-order valence-electron chi connectivity index (χ1n) is 7.79. The molecule has 4 heteroatoms. The Kier molecular flexibility index (Phi) is 4.15. The zero-order chi connectivity index (χ0) is 14.1. The van der Waals surface area contributed by atoms with Gasteiger partial charge in [0.05, 0.1) is 18.8 Å². The second-order valence-corrected chi connectivity index (χ2v) is 6.40. The van der Waals surface area contributed by atoms with Gasteiger partial charge in [-0.2, -0.15) is 0 Å². The maximum absolute atomic E-state index is 5.92. The maximum Gasteiger partial charge on any atom is 0.118 e. The predicted octanol–water partition coefficient (Wildman–Crippen LogP) is 2.45. The highest BCUT2D eigenvalue weighted by molar-refractivity contribution is 5.21. The lowest BCUT2D eigenvalue weighted by molar-refractivity contribution is -0.0718. The van der Waals surface area contributed by atoms with Crippen molar-refractivity contribution in [3.63, 3.8) is 0 Å². The van der Waals surface area contributed by atoms with Crippen molar-refractivity contribution in [3.05, 3.63) is 23.2 Å². The molecule has 1 saturated carbocycles. The standard InChI is InChI=1S/C16H26N2O2/c1-11-8-18(9-12(2)19-11)10-16-6-14(13(3)20-16)7-17-15-4-5-15/h6,11-12,15,17H,4-5,7-10H2,1-3H3. The Labute approximate surface area is 121 Å². The van der Waals surface area contributed by atoms with Crippen molar-refractivity contribution in [1.82, 2.24) is 10.2 Å². The largest absolute Gasteiger partial charge is 0.465 e. The number of nitrogens with one attached hydrogen (secondary N) is 1. The van der Waals surface area contributed by atoms with Gasteiger partial charge in [0, 0.05) is 31.2 Å². The quantitative estimate of drug-likeness (QED) is 0.898. The molecule has 4 nitrogen and oxygen atoms in total. The Morgan fingerprint density at radius 3 is 2.60 bits per heavy atom. The Morgan fingerprint density at radius 2 is 1.95 bits per heavy atom. The van der Waals surface area contributed by atoms with E-state index in [0.29, 0.717) is 12.2 Å². The maximum atomic E-state index is 5.92. The fourth-order valence-corrected chi connectivity index (χ4v) is 3.02. The number of nitrogens with zero attached hydrogens (tertiary/aromatic N) is 1. The number of ether oxygens (including phenoxy) is 1. The number of hydrogen-bond acceptors (Lipinski definition) is 4. The van der Waals surface area contributed by atoms with E-state index in [4.69, 9.17) is 9.15 Å². The van der Waals surface area contributed by atoms with Gasteiger partial charge in [-0.1, -0.05) is 0 Å². The minimum absolute atomic E-state index is 0.311. The van der Waals surface area contributed by atoms with Crippen molar-refractivity contribution in [1.29, 1.82) is 0 Å². The fourth-order valence-electron chi connectivity index (χ4n) is 3.02. The Bertz CT molecular complexity index is 443. The minimum Gasteiger partial charge on any atom is -0.465 e. The molecule has 112 valence electrons. The van der Waals surface area contributed by atoms with Crippen LogP contribution in [0.5, 0.6) is 0 Å². The highest BCUT2D eigenvalue weighted by atomic mass is 16.5. The molecule has 1 aromatic rings. The van der Waals surface area contributed by atoms with Crippen LogP contribution in [0.2, 0.25) is 0 Å². The normalized spacial score (nSPS) is 27.9. The molecule has 20 heavy (non-hydrogen) atoms. The molecule has 0 bridgehead atoms. The predicted molar refractivity (Wildman–Crippen MR) is 78.6 cm³/mol. The number of furan rings is 1. The Morgan fingerprint density at radius 1 is 1.25 bits per heavy atom. The van der Waals surface area contributed by atoms with Gasteiger partial charge in [0.15, 0.2) is 0 Å². The summed E-state index contributed by atoms with van der Waals surface area (Å²) in [5.74, 6) is 2.14. The van der Waals surface area contributed by atoms with Crippen molar-refractivity contribution >= 4 is 0 Å². The van der Waals surface area contributed by atoms with Gasteiger partial charge < -0.3 is 14.5 Å². The van der Waals surface area contributed by atoms with Crippen LogP contribution in [0.15, 0.2) is 10.5 Å². The third kappa shape index (κ3) is 3.62. The average Bonchev–Trinajstić information content (AvgIpc) is 3.11. The van der Waals surface area contributed by atoms with Crippen molar-refractivity contribution in [2.45, 2.75) is 65.0 Å². The lowest BCUT2D eigenvalue weighted by atomic mass is 10.2. The molecule has 0 amide bonds. The zero-order valence-electron chi connectivity index (χ0n) is 12.8. The van der Waals surface area contributed by atoms with Crippen LogP contribution >= 0.6 is 0 Å². The molecule has 1 saturated heterocycles. The molecule has 0 spiro atoms. The van der Waals surface area contributed by atoms with E-state index in [-0.39, 0.29) is 0 Å². The van der Waals surface area contributed by atoms with Crippen molar-refractivity contribution in [2.75, 3.05) is 13.1 Å². The van der Waals surface area contributed by atoms with Gasteiger partial charge in [-0.15, -0.1) is 0 Å². The summed E-state index contributed by atoms with van der Waals surface area (Å²) in [6.07, 6.45) is 3.28. The molecular formula is C16H26N2O2. The summed E-state index contributed by atoms with van der Waals surface area (Å²) in [5.41, 5.74) is 1.31. The van der Waals surface area contributed by atoms with E-state index in [1.807, 2.05) is 0 Å². The van der Waals surface area contributed by atoms with Gasteiger partial charge in [0.2, 0.25) is 0 Å². The highest BCUT2D eigenvalue weighted by Gasteiger charge is 2.24. The van der Waals surface area contributed by atoms with Crippen LogP contribution in [-0.4, -0.2) is 36.2 Å². The van der Waals surface area contributed by atoms with Gasteiger partial charge in [0.1, 0.15) is 11.5 Å². The fraction of sp³-hybridized carbons (Fsp3) is 0.750. The topological polar surface area (TPSA) is 37.6 Å². The Hall–Kier alpha value is -0.840. The first-order chi connectivity index (χ1) is 9.60. The molecule has 0 radical (unpaired) electrons. The van der Waals surface area contributed by atoms with E-state index in [2.05, 4.69) is 37.1 Å². The number of rotatable bonds is 5. The van der Waals surface area contributed by atoms with Crippen LogP contribution in [0.4, 0.5) is 0 Å². The summed E-state index contributed by atoms with van der Waals surface area (Å²) in [6, 6.07) is 2.96. The molecule has 1 aliphatic heterocycles. The van der Waals surface area contributed by atoms with Crippen LogP contribution in [0.25, 0.3) is 0 Å². The third-order valence-corrected chi connectivity index (χ3v) is 4.10. The van der Waals surface area contributed by atoms with Crippen LogP contribution in [-0.2, 0) is 17.8 Å². The van der Waals surface area contributed by atoms with E-state index in [1.54, 1.807) is 0 Å². The minimum atomic E-state index is 0.311. The number of hydrogen-bond donors (Lipinski definition) is 1. The van der Waals surface area contributed by atoms with Crippen molar-refractivity contribution in [2.24, 2.45) is 0 Å². The molecule has 2 aliphatic rings. The highest BCUT2D eigenvalue weighted by Crippen LogP contribution is 2.22. The van der Waals surface area contributed by atoms with Gasteiger partial charge in [0.25, 0.3) is 0 Å². The van der Waals surface area contributed by atoms with Crippen LogP contribution in [0.1, 0.15) is 43.8 Å². The van der Waals surface area contributed by atoms with Crippen LogP contribution in [0.3, 0.4) is 0 Å². The van der Waals surface area contributed by atoms with E-state index in [9.17, 15) is 0 Å². The van der Waals surface area contributed by atoms with Crippen LogP contribution in [0, 0.1) is 6.92 Å². The van der Waals surface area contributed by atoms with Crippen molar-refractivity contribution < 1.29 is 9.15 Å². The summed E-state index contributed by atoms with van der Waals surface area (Å²) in [6.45, 7) is 10.2. The molecule has 3 rings (SSSR count). The number of morpholine rings is 1. The third-order valence-electron chi connectivity index (χ3n) is 4.10. The zero-order valence-corrected chi connectivity index (χ0v) is 12.8. The SMILES string of the molecule is Cc1oc(CN2CC(C)OC(C)C2)cc1CNC1CC1. The smallest absolute Gasteiger partial charge is 0.118 e. The van der Waals surface area contributed by atoms with Gasteiger partial charge in [-0.05, 0) is 39.7 Å². The van der Waals surface area contributed by atoms with E-state index >= 15 is 0 Å². The first-order valence-corrected chi connectivity index (χ1v) is 7.79. The molecule has 1 N–H and O–H groups in total. The van der Waals surface area contributed by atoms with E-state index in [0.717, 1.165) is 43.7 Å². The summed E-state index contributed by atoms with van der Waals surface area (Å²) < 4.78 is 11.7. The second kappa shape index (κ2) is 5.88. The lowest BCUT2D eigenvalue weighted by Crippen LogP contribution is -2.44. The van der Waals surface area contributed by atoms with E-state index < -0.39 is 0 Å². The summed E-state index contributed by atoms with van der Waals surface area (Å²) in [7, 11) is 0. The van der Waals surface area contributed by atoms with Gasteiger partial charge >= 0.3 is 0 Å². The Balaban J connectivity index is 1.57. The number of aryl methyl sites for hydroxylation is 1. The average molecular weight is 278 g/mol. The summed E-state index contributed by atoms with van der Waals surface area (Å²) in [4.78, 5) is 2.43. The first kappa shape index (κ1) is 14.1. The monoisotopic (exact) mass is 278 g/mol. The second-order valence-electron chi connectivity index (χ2n) is 6.40. The van der Waals surface area contributed by atoms with Gasteiger partial charge in [-0.25, -0.2) is 0 Å². The molecule has 2 atom stereocenters. The van der Waals surface area contributed by atoms with E-state index in [1.165, 1.54) is 18.4 Å². The molecular weight excluding hydrogens is 252 g/mol. The van der Waals surface area contributed by atoms with Crippen molar-refractivity contribution in [3.8, 4) is 0 Å². The summed E-state index contributed by atoms with van der Waals surface area (Å²) >= 11 is 0. The molecule has 1 aliphatic carbocycles. The molecule has 2 heterocycles.